The number of carbonyl (C=O) groups excluding carboxylic acids is 1. The highest BCUT2D eigenvalue weighted by atomic mass is 35.5. The van der Waals surface area contributed by atoms with Gasteiger partial charge in [0.25, 0.3) is 5.91 Å². The molecule has 2 heterocycles. The number of rotatable bonds is 1. The molecule has 1 aliphatic carbocycles. The first kappa shape index (κ1) is 12.9. The summed E-state index contributed by atoms with van der Waals surface area (Å²) in [6, 6.07) is 2.12. The standard InChI is InChI=1S/C12H16N2OS.ClH/c15-12(14-6-4-13-5-7-14)11-8-9-2-1-3-10(9)16-11;/h8,13H,1-7H2;1H. The van der Waals surface area contributed by atoms with E-state index >= 15 is 0 Å². The fourth-order valence-corrected chi connectivity index (χ4v) is 3.68. The Balaban J connectivity index is 0.00000108. The van der Waals surface area contributed by atoms with Crippen LogP contribution in [0.4, 0.5) is 0 Å². The zero-order valence-corrected chi connectivity index (χ0v) is 11.3. The minimum absolute atomic E-state index is 0. The molecule has 5 heteroatoms. The van der Waals surface area contributed by atoms with Gasteiger partial charge in [0.2, 0.25) is 0 Å². The Morgan fingerprint density at radius 1 is 1.29 bits per heavy atom. The Morgan fingerprint density at radius 2 is 2.06 bits per heavy atom. The SMILES string of the molecule is Cl.O=C(c1cc2c(s1)CCC2)N1CCNCC1. The number of aryl methyl sites for hydroxylation is 2. The maximum atomic E-state index is 12.2. The molecule has 1 saturated heterocycles. The second-order valence-corrected chi connectivity index (χ2v) is 5.59. The van der Waals surface area contributed by atoms with Gasteiger partial charge in [-0.1, -0.05) is 0 Å². The highest BCUT2D eigenvalue weighted by molar-refractivity contribution is 7.14. The Labute approximate surface area is 112 Å². The average Bonchev–Trinajstić information content (AvgIpc) is 2.89. The lowest BCUT2D eigenvalue weighted by molar-refractivity contribution is 0.0740. The molecule has 17 heavy (non-hydrogen) atoms. The van der Waals surface area contributed by atoms with Crippen LogP contribution in [0.3, 0.4) is 0 Å². The first-order valence-corrected chi connectivity index (χ1v) is 6.78. The molecule has 1 N–H and O–H groups in total. The van der Waals surface area contributed by atoms with Crippen molar-refractivity contribution in [3.8, 4) is 0 Å². The first-order chi connectivity index (χ1) is 7.84. The van der Waals surface area contributed by atoms with Crippen LogP contribution in [0.1, 0.15) is 26.5 Å². The fraction of sp³-hybridized carbons (Fsp3) is 0.583. The molecule has 1 aromatic heterocycles. The van der Waals surface area contributed by atoms with Crippen LogP contribution in [-0.2, 0) is 12.8 Å². The predicted molar refractivity (Wildman–Crippen MR) is 72.4 cm³/mol. The van der Waals surface area contributed by atoms with Gasteiger partial charge >= 0.3 is 0 Å². The number of hydrogen-bond donors (Lipinski definition) is 1. The summed E-state index contributed by atoms with van der Waals surface area (Å²) in [7, 11) is 0. The maximum Gasteiger partial charge on any atom is 0.264 e. The number of nitrogens with one attached hydrogen (secondary N) is 1. The zero-order valence-electron chi connectivity index (χ0n) is 9.70. The van der Waals surface area contributed by atoms with Crippen molar-refractivity contribution in [2.75, 3.05) is 26.2 Å². The monoisotopic (exact) mass is 272 g/mol. The van der Waals surface area contributed by atoms with E-state index in [0.717, 1.165) is 31.1 Å². The van der Waals surface area contributed by atoms with Crippen LogP contribution in [0.2, 0.25) is 0 Å². The first-order valence-electron chi connectivity index (χ1n) is 5.96. The van der Waals surface area contributed by atoms with Crippen molar-refractivity contribution in [3.63, 3.8) is 0 Å². The van der Waals surface area contributed by atoms with E-state index in [1.165, 1.54) is 29.7 Å². The van der Waals surface area contributed by atoms with Crippen LogP contribution < -0.4 is 5.32 Å². The van der Waals surface area contributed by atoms with Crippen molar-refractivity contribution < 1.29 is 4.79 Å². The number of nitrogens with zero attached hydrogens (tertiary/aromatic N) is 1. The molecule has 1 fully saturated rings. The minimum Gasteiger partial charge on any atom is -0.335 e. The Kier molecular flexibility index (Phi) is 4.07. The van der Waals surface area contributed by atoms with Crippen molar-refractivity contribution in [2.24, 2.45) is 0 Å². The third-order valence-corrected chi connectivity index (χ3v) is 4.59. The van der Waals surface area contributed by atoms with Crippen LogP contribution >= 0.6 is 23.7 Å². The van der Waals surface area contributed by atoms with E-state index in [9.17, 15) is 4.79 Å². The van der Waals surface area contributed by atoms with E-state index in [2.05, 4.69) is 11.4 Å². The summed E-state index contributed by atoms with van der Waals surface area (Å²) in [5, 5.41) is 3.27. The van der Waals surface area contributed by atoms with E-state index in [4.69, 9.17) is 0 Å². The molecule has 2 aliphatic rings. The second kappa shape index (κ2) is 5.38. The molecule has 1 aromatic rings. The van der Waals surface area contributed by atoms with Gasteiger partial charge in [-0.15, -0.1) is 23.7 Å². The summed E-state index contributed by atoms with van der Waals surface area (Å²) in [5.74, 6) is 0.237. The molecule has 0 spiro atoms. The van der Waals surface area contributed by atoms with Crippen LogP contribution in [0, 0.1) is 0 Å². The van der Waals surface area contributed by atoms with Gasteiger partial charge in [0.05, 0.1) is 4.88 Å². The van der Waals surface area contributed by atoms with Crippen LogP contribution in [0.15, 0.2) is 6.07 Å². The molecular formula is C12H17ClN2OS. The highest BCUT2D eigenvalue weighted by Crippen LogP contribution is 2.31. The van der Waals surface area contributed by atoms with Gasteiger partial charge in [-0.2, -0.15) is 0 Å². The summed E-state index contributed by atoms with van der Waals surface area (Å²) >= 11 is 1.71. The molecule has 0 saturated carbocycles. The van der Waals surface area contributed by atoms with E-state index in [1.807, 2.05) is 4.90 Å². The van der Waals surface area contributed by atoms with Gasteiger partial charge in [-0.05, 0) is 30.9 Å². The number of fused-ring (bicyclic) bond motifs is 1. The van der Waals surface area contributed by atoms with Gasteiger partial charge < -0.3 is 10.2 Å². The average molecular weight is 273 g/mol. The number of thiophene rings is 1. The molecule has 3 rings (SSSR count). The fourth-order valence-electron chi connectivity index (χ4n) is 2.46. The summed E-state index contributed by atoms with van der Waals surface area (Å²) in [5.41, 5.74) is 1.42. The predicted octanol–water partition coefficient (Wildman–Crippen LogP) is 1.70. The molecule has 94 valence electrons. The van der Waals surface area contributed by atoms with Crippen molar-refractivity contribution >= 4 is 29.7 Å². The molecule has 1 amide bonds. The Hall–Kier alpha value is -0.580. The highest BCUT2D eigenvalue weighted by Gasteiger charge is 2.23. The number of halogens is 1. The Bertz CT molecular complexity index is 391. The largest absolute Gasteiger partial charge is 0.335 e. The lowest BCUT2D eigenvalue weighted by atomic mass is 10.2. The zero-order chi connectivity index (χ0) is 11.0. The normalized spacial score (nSPS) is 18.7. The third kappa shape index (κ3) is 2.49. The lowest BCUT2D eigenvalue weighted by Crippen LogP contribution is -2.46. The van der Waals surface area contributed by atoms with Crippen molar-refractivity contribution in [1.29, 1.82) is 0 Å². The van der Waals surface area contributed by atoms with E-state index < -0.39 is 0 Å². The van der Waals surface area contributed by atoms with Crippen LogP contribution in [0.5, 0.6) is 0 Å². The van der Waals surface area contributed by atoms with Crippen molar-refractivity contribution in [3.05, 3.63) is 21.4 Å². The van der Waals surface area contributed by atoms with Gasteiger partial charge in [0, 0.05) is 31.1 Å². The molecule has 0 bridgehead atoms. The van der Waals surface area contributed by atoms with Crippen LogP contribution in [0.25, 0.3) is 0 Å². The lowest BCUT2D eigenvalue weighted by Gasteiger charge is -2.26. The molecular weight excluding hydrogens is 256 g/mol. The summed E-state index contributed by atoms with van der Waals surface area (Å²) in [4.78, 5) is 16.6. The van der Waals surface area contributed by atoms with Gasteiger partial charge in [-0.3, -0.25) is 4.79 Å². The summed E-state index contributed by atoms with van der Waals surface area (Å²) in [6.07, 6.45) is 3.61. The number of hydrogen-bond acceptors (Lipinski definition) is 3. The number of piperazine rings is 1. The molecule has 3 nitrogen and oxygen atoms in total. The van der Waals surface area contributed by atoms with E-state index in [-0.39, 0.29) is 18.3 Å². The second-order valence-electron chi connectivity index (χ2n) is 4.45. The smallest absolute Gasteiger partial charge is 0.264 e. The minimum atomic E-state index is 0. The van der Waals surface area contributed by atoms with E-state index in [0.29, 0.717) is 0 Å². The summed E-state index contributed by atoms with van der Waals surface area (Å²) in [6.45, 7) is 3.55. The van der Waals surface area contributed by atoms with Crippen molar-refractivity contribution in [1.82, 2.24) is 10.2 Å². The molecule has 1 aliphatic heterocycles. The van der Waals surface area contributed by atoms with E-state index in [1.54, 1.807) is 11.3 Å². The van der Waals surface area contributed by atoms with Crippen molar-refractivity contribution in [2.45, 2.75) is 19.3 Å². The Morgan fingerprint density at radius 3 is 2.76 bits per heavy atom. The van der Waals surface area contributed by atoms with Gasteiger partial charge in [-0.25, -0.2) is 0 Å². The topological polar surface area (TPSA) is 32.3 Å². The van der Waals surface area contributed by atoms with Gasteiger partial charge in [0.15, 0.2) is 0 Å². The van der Waals surface area contributed by atoms with Crippen LogP contribution in [-0.4, -0.2) is 37.0 Å². The van der Waals surface area contributed by atoms with Gasteiger partial charge in [0.1, 0.15) is 0 Å². The molecule has 0 atom stereocenters. The maximum absolute atomic E-state index is 12.2. The molecule has 0 unspecified atom stereocenters. The third-order valence-electron chi connectivity index (χ3n) is 3.36. The number of amides is 1. The number of carbonyl (C=O) groups is 1. The summed E-state index contributed by atoms with van der Waals surface area (Å²) < 4.78 is 0. The molecule has 0 aromatic carbocycles. The molecule has 0 radical (unpaired) electrons. The quantitative estimate of drug-likeness (QED) is 0.844.